The molecule has 2 aromatic carbocycles. The fourth-order valence-corrected chi connectivity index (χ4v) is 3.49. The molecule has 8 nitrogen and oxygen atoms in total. The van der Waals surface area contributed by atoms with Gasteiger partial charge < -0.3 is 15.5 Å². The summed E-state index contributed by atoms with van der Waals surface area (Å²) in [6.45, 7) is 7.89. The lowest BCUT2D eigenvalue weighted by atomic mass is 10.2. The number of rotatable bonds is 6. The van der Waals surface area contributed by atoms with Gasteiger partial charge in [0.1, 0.15) is 12.1 Å². The van der Waals surface area contributed by atoms with E-state index >= 15 is 0 Å². The highest BCUT2D eigenvalue weighted by Gasteiger charge is 2.50. The Morgan fingerprint density at radius 2 is 1.23 bits per heavy atom. The van der Waals surface area contributed by atoms with Crippen LogP contribution >= 0.6 is 12.6 Å². The van der Waals surface area contributed by atoms with Crippen molar-refractivity contribution >= 4 is 35.5 Å². The maximum atomic E-state index is 11.8. The van der Waals surface area contributed by atoms with E-state index in [-0.39, 0.29) is 41.0 Å². The molecule has 0 aromatic heterocycles. The predicted octanol–water partition coefficient (Wildman–Crippen LogP) is 2.05. The second-order valence-electron chi connectivity index (χ2n) is 8.47. The second-order valence-corrected chi connectivity index (χ2v) is 9.10. The number of carbonyl (C=O) groups excluding carboxylic acids is 4. The molecule has 4 atom stereocenters. The van der Waals surface area contributed by atoms with Gasteiger partial charge in [0.05, 0.1) is 6.04 Å². The molecular formula is C26H34N4O4S. The van der Waals surface area contributed by atoms with E-state index in [1.807, 2.05) is 74.5 Å². The van der Waals surface area contributed by atoms with Crippen molar-refractivity contribution in [2.45, 2.75) is 65.0 Å². The number of hydrogen-bond acceptors (Lipinski definition) is 5. The SMILES string of the molecule is CC(=O)N1[C@H](C(=O)NCc2ccccc2)[C@@H]1C.CC(=O)S.C[C@@H]1N[C@@H]1C(=O)NCc1ccccc1. The number of thiol groups is 1. The van der Waals surface area contributed by atoms with E-state index in [4.69, 9.17) is 0 Å². The van der Waals surface area contributed by atoms with E-state index in [9.17, 15) is 19.2 Å². The zero-order valence-corrected chi connectivity index (χ0v) is 21.4. The molecule has 0 aliphatic carbocycles. The molecule has 2 aliphatic heterocycles. The topological polar surface area (TPSA) is 117 Å². The molecule has 4 rings (SSSR count). The molecular weight excluding hydrogens is 464 g/mol. The lowest BCUT2D eigenvalue weighted by Crippen LogP contribution is -2.30. The minimum absolute atomic E-state index is 0.0266. The molecule has 0 unspecified atom stereocenters. The Hall–Kier alpha value is -3.17. The standard InChI is InChI=1S/C13H16N2O2.C11H14N2O.C2H4OS/c1-9-12(15(9)10(2)16)13(17)14-8-11-6-4-3-5-7-11;1-8-10(13-8)11(14)12-7-9-5-3-2-4-6-9;1-2(3)4/h3-7,9,12H,8H2,1-2H3,(H,14,17);2-6,8,10,13H,7H2,1H3,(H,12,14);1H3,(H,3,4)/t9-,12-,15?;8-,10-;/m00./s1. The zero-order valence-electron chi connectivity index (χ0n) is 20.5. The highest BCUT2D eigenvalue weighted by Crippen LogP contribution is 2.27. The fourth-order valence-electron chi connectivity index (χ4n) is 3.49. The van der Waals surface area contributed by atoms with Crippen molar-refractivity contribution in [2.24, 2.45) is 0 Å². The number of nitrogens with zero attached hydrogens (tertiary/aromatic N) is 1. The van der Waals surface area contributed by atoms with Crippen molar-refractivity contribution < 1.29 is 19.2 Å². The molecule has 2 fully saturated rings. The molecule has 2 heterocycles. The number of nitrogens with one attached hydrogen (secondary N) is 3. The summed E-state index contributed by atoms with van der Waals surface area (Å²) in [5.41, 5.74) is 2.19. The first kappa shape index (κ1) is 28.1. The van der Waals surface area contributed by atoms with Gasteiger partial charge in [0, 0.05) is 33.0 Å². The van der Waals surface area contributed by atoms with Gasteiger partial charge in [0.25, 0.3) is 0 Å². The molecule has 0 radical (unpaired) electrons. The average Bonchev–Trinajstić information content (AvgIpc) is 3.73. The van der Waals surface area contributed by atoms with Gasteiger partial charge in [-0.25, -0.2) is 0 Å². The van der Waals surface area contributed by atoms with Gasteiger partial charge in [0.15, 0.2) is 5.12 Å². The van der Waals surface area contributed by atoms with Gasteiger partial charge in [-0.15, -0.1) is 12.6 Å². The molecule has 2 saturated heterocycles. The molecule has 188 valence electrons. The van der Waals surface area contributed by atoms with E-state index in [1.54, 1.807) is 4.90 Å². The van der Waals surface area contributed by atoms with Crippen LogP contribution in [0.15, 0.2) is 60.7 Å². The monoisotopic (exact) mass is 498 g/mol. The van der Waals surface area contributed by atoms with Crippen LogP contribution in [0.3, 0.4) is 0 Å². The first-order chi connectivity index (χ1) is 16.6. The van der Waals surface area contributed by atoms with Gasteiger partial charge in [-0.2, -0.15) is 0 Å². The molecule has 9 heteroatoms. The fraction of sp³-hybridized carbons (Fsp3) is 0.385. The summed E-state index contributed by atoms with van der Waals surface area (Å²) >= 11 is 3.33. The van der Waals surface area contributed by atoms with Crippen LogP contribution in [0.1, 0.15) is 38.8 Å². The quantitative estimate of drug-likeness (QED) is 0.359. The first-order valence-corrected chi connectivity index (χ1v) is 11.9. The van der Waals surface area contributed by atoms with Crippen molar-refractivity contribution in [3.05, 3.63) is 71.8 Å². The lowest BCUT2D eigenvalue weighted by molar-refractivity contribution is -0.128. The Morgan fingerprint density at radius 1 is 0.829 bits per heavy atom. The van der Waals surface area contributed by atoms with Gasteiger partial charge in [-0.3, -0.25) is 24.5 Å². The molecule has 0 spiro atoms. The third-order valence-corrected chi connectivity index (χ3v) is 5.47. The summed E-state index contributed by atoms with van der Waals surface area (Å²) in [7, 11) is 0. The van der Waals surface area contributed by atoms with Gasteiger partial charge >= 0.3 is 0 Å². The number of amides is 3. The van der Waals surface area contributed by atoms with Crippen LogP contribution in [0.25, 0.3) is 0 Å². The van der Waals surface area contributed by atoms with Gasteiger partial charge in [0.2, 0.25) is 17.7 Å². The Morgan fingerprint density at radius 3 is 1.57 bits per heavy atom. The summed E-state index contributed by atoms with van der Waals surface area (Å²) in [4.78, 5) is 45.3. The minimum Gasteiger partial charge on any atom is -0.351 e. The summed E-state index contributed by atoms with van der Waals surface area (Å²) in [6.07, 6.45) is 0. The molecule has 35 heavy (non-hydrogen) atoms. The number of hydrogen-bond donors (Lipinski definition) is 4. The summed E-state index contributed by atoms with van der Waals surface area (Å²) in [5, 5.41) is 8.65. The van der Waals surface area contributed by atoms with E-state index in [0.717, 1.165) is 11.1 Å². The van der Waals surface area contributed by atoms with Crippen molar-refractivity contribution in [3.63, 3.8) is 0 Å². The first-order valence-electron chi connectivity index (χ1n) is 11.5. The normalized spacial score (nSPS) is 21.2. The van der Waals surface area contributed by atoms with Crippen LogP contribution in [0, 0.1) is 0 Å². The van der Waals surface area contributed by atoms with Crippen LogP contribution in [-0.2, 0) is 32.3 Å². The Kier molecular flexibility index (Phi) is 10.9. The minimum atomic E-state index is -0.281. The lowest BCUT2D eigenvalue weighted by Gasteiger charge is -2.04. The van der Waals surface area contributed by atoms with Crippen LogP contribution in [0.5, 0.6) is 0 Å². The van der Waals surface area contributed by atoms with E-state index in [1.165, 1.54) is 13.8 Å². The van der Waals surface area contributed by atoms with Crippen molar-refractivity contribution in [1.82, 2.24) is 20.9 Å². The second kappa shape index (κ2) is 13.7. The number of carbonyl (C=O) groups is 4. The Labute approximate surface area is 212 Å². The average molecular weight is 499 g/mol. The predicted molar refractivity (Wildman–Crippen MR) is 138 cm³/mol. The molecule has 2 aromatic rings. The van der Waals surface area contributed by atoms with Crippen LogP contribution < -0.4 is 16.0 Å². The van der Waals surface area contributed by atoms with Gasteiger partial charge in [-0.1, -0.05) is 60.7 Å². The van der Waals surface area contributed by atoms with Crippen LogP contribution in [0.4, 0.5) is 0 Å². The highest BCUT2D eigenvalue weighted by atomic mass is 32.1. The Bertz CT molecular complexity index is 999. The highest BCUT2D eigenvalue weighted by molar-refractivity contribution is 7.96. The summed E-state index contributed by atoms with van der Waals surface area (Å²) < 4.78 is 0. The maximum Gasteiger partial charge on any atom is 0.245 e. The molecule has 0 saturated carbocycles. The molecule has 3 N–H and O–H groups in total. The molecule has 3 amide bonds. The zero-order chi connectivity index (χ0) is 26.0. The largest absolute Gasteiger partial charge is 0.351 e. The summed E-state index contributed by atoms with van der Waals surface area (Å²) in [5.74, 6) is -0.0183. The van der Waals surface area contributed by atoms with Gasteiger partial charge in [-0.05, 0) is 25.0 Å². The van der Waals surface area contributed by atoms with E-state index in [0.29, 0.717) is 19.1 Å². The smallest absolute Gasteiger partial charge is 0.245 e. The summed E-state index contributed by atoms with van der Waals surface area (Å²) in [6, 6.07) is 19.8. The van der Waals surface area contributed by atoms with Crippen LogP contribution in [0.2, 0.25) is 0 Å². The third-order valence-electron chi connectivity index (χ3n) is 5.47. The molecule has 0 bridgehead atoms. The van der Waals surface area contributed by atoms with E-state index in [2.05, 4.69) is 28.6 Å². The molecule has 2 aliphatic rings. The van der Waals surface area contributed by atoms with Crippen molar-refractivity contribution in [2.75, 3.05) is 0 Å². The van der Waals surface area contributed by atoms with Crippen LogP contribution in [-0.4, -0.2) is 51.9 Å². The van der Waals surface area contributed by atoms with Crippen molar-refractivity contribution in [1.29, 1.82) is 0 Å². The Balaban J connectivity index is 0.000000217. The maximum absolute atomic E-state index is 11.8. The van der Waals surface area contributed by atoms with Crippen molar-refractivity contribution in [3.8, 4) is 0 Å². The number of benzene rings is 2. The van der Waals surface area contributed by atoms with E-state index < -0.39 is 0 Å². The third kappa shape index (κ3) is 9.92.